The monoisotopic (exact) mass is 181 g/mol. The zero-order valence-corrected chi connectivity index (χ0v) is 6.49. The van der Waals surface area contributed by atoms with Crippen LogP contribution in [-0.4, -0.2) is 17.6 Å². The first-order valence-electron chi connectivity index (χ1n) is 2.55. The molecule has 0 aromatic carbocycles. The first-order valence-corrected chi connectivity index (χ1v) is 4.05. The van der Waals surface area contributed by atoms with Crippen LogP contribution in [0.1, 0.15) is 0 Å². The van der Waals surface area contributed by atoms with Gasteiger partial charge in [-0.25, -0.2) is 9.36 Å². The van der Waals surface area contributed by atoms with Gasteiger partial charge in [0, 0.05) is 6.08 Å². The molecule has 7 heteroatoms. The number of hydrogen-bond donors (Lipinski definition) is 2. The minimum absolute atomic E-state index is 0.502. The molecule has 0 saturated heterocycles. The summed E-state index contributed by atoms with van der Waals surface area (Å²) in [6.45, 7) is 2.51. The molecule has 0 saturated carbocycles. The molecule has 0 rings (SSSR count). The Morgan fingerprint density at radius 1 is 1.82 bits per heavy atom. The average molecular weight is 181 g/mol. The van der Waals surface area contributed by atoms with Gasteiger partial charge >= 0.3 is 13.8 Å². The van der Waals surface area contributed by atoms with Gasteiger partial charge in [-0.1, -0.05) is 6.58 Å². The summed E-state index contributed by atoms with van der Waals surface area (Å²) >= 11 is 0. The number of carbonyl (C=O) groups excluding carboxylic acids is 1. The number of phosphoric ester groups is 1. The molecule has 1 unspecified atom stereocenters. The van der Waals surface area contributed by atoms with Crippen LogP contribution >= 0.6 is 7.82 Å². The zero-order chi connectivity index (χ0) is 8.91. The summed E-state index contributed by atoms with van der Waals surface area (Å²) in [7, 11) is -4.31. The molecule has 64 valence electrons. The Morgan fingerprint density at radius 2 is 2.36 bits per heavy atom. The summed E-state index contributed by atoms with van der Waals surface area (Å²) in [6.07, 6.45) is 0.739. The molecule has 0 spiro atoms. The van der Waals surface area contributed by atoms with Crippen molar-refractivity contribution in [2.24, 2.45) is 5.73 Å². The highest BCUT2D eigenvalue weighted by molar-refractivity contribution is 7.48. The number of nitrogens with two attached hydrogens (primary N) is 1. The first kappa shape index (κ1) is 10.3. The molecule has 6 nitrogen and oxygen atoms in total. The third-order valence-corrected chi connectivity index (χ3v) is 1.50. The van der Waals surface area contributed by atoms with E-state index >= 15 is 0 Å². The molecule has 0 radical (unpaired) electrons. The van der Waals surface area contributed by atoms with Crippen molar-refractivity contribution in [2.45, 2.75) is 0 Å². The lowest BCUT2D eigenvalue weighted by Gasteiger charge is -2.07. The number of carbonyl (C=O) groups is 1. The largest absolute Gasteiger partial charge is 0.531 e. The van der Waals surface area contributed by atoms with Crippen LogP contribution in [0.25, 0.3) is 0 Å². The zero-order valence-electron chi connectivity index (χ0n) is 5.60. The van der Waals surface area contributed by atoms with Crippen LogP contribution in [0.4, 0.5) is 0 Å². The van der Waals surface area contributed by atoms with E-state index in [1.807, 2.05) is 0 Å². The van der Waals surface area contributed by atoms with E-state index in [9.17, 15) is 9.36 Å². The van der Waals surface area contributed by atoms with Gasteiger partial charge in [-0.2, -0.15) is 0 Å². The molecule has 1 atom stereocenters. The summed E-state index contributed by atoms with van der Waals surface area (Å²) in [4.78, 5) is 18.9. The standard InChI is InChI=1S/C4H8NO5P/c1-2-4(6)10-11(7,8)9-3-5/h2H,1,3,5H2,(H,7,8). The molecule has 0 aromatic heterocycles. The minimum Gasteiger partial charge on any atom is -0.367 e. The highest BCUT2D eigenvalue weighted by Gasteiger charge is 2.23. The maximum absolute atomic E-state index is 10.5. The van der Waals surface area contributed by atoms with Gasteiger partial charge in [0.15, 0.2) is 0 Å². The van der Waals surface area contributed by atoms with E-state index in [1.54, 1.807) is 0 Å². The third-order valence-electron chi connectivity index (χ3n) is 0.610. The second kappa shape index (κ2) is 4.25. The quantitative estimate of drug-likeness (QED) is 0.352. The third kappa shape index (κ3) is 4.69. The van der Waals surface area contributed by atoms with Crippen molar-refractivity contribution < 1.29 is 23.3 Å². The van der Waals surface area contributed by atoms with Crippen LogP contribution in [0.5, 0.6) is 0 Å². The fourth-order valence-corrected chi connectivity index (χ4v) is 0.815. The molecule has 0 heterocycles. The molecule has 0 amide bonds. The molecule has 11 heavy (non-hydrogen) atoms. The summed E-state index contributed by atoms with van der Waals surface area (Å²) < 4.78 is 18.4. The first-order chi connectivity index (χ1) is 5.02. The van der Waals surface area contributed by atoms with Crippen molar-refractivity contribution in [1.29, 1.82) is 0 Å². The Hall–Kier alpha value is -0.680. The van der Waals surface area contributed by atoms with Crippen molar-refractivity contribution in [2.75, 3.05) is 6.73 Å². The molecule has 0 aliphatic rings. The van der Waals surface area contributed by atoms with Crippen LogP contribution in [0.3, 0.4) is 0 Å². The molecular formula is C4H8NO5P. The Kier molecular flexibility index (Phi) is 3.99. The van der Waals surface area contributed by atoms with E-state index in [2.05, 4.69) is 15.6 Å². The van der Waals surface area contributed by atoms with E-state index in [1.165, 1.54) is 0 Å². The molecule has 3 N–H and O–H groups in total. The van der Waals surface area contributed by atoms with E-state index in [0.717, 1.165) is 6.08 Å². The number of phosphoric acid groups is 1. The number of rotatable bonds is 4. The lowest BCUT2D eigenvalue weighted by atomic mass is 10.7. The van der Waals surface area contributed by atoms with Gasteiger partial charge in [0.1, 0.15) is 6.73 Å². The van der Waals surface area contributed by atoms with Crippen LogP contribution in [0.2, 0.25) is 0 Å². The second-order valence-electron chi connectivity index (χ2n) is 1.38. The summed E-state index contributed by atoms with van der Waals surface area (Å²) in [5.41, 5.74) is 4.76. The Balaban J connectivity index is 4.01. The maximum atomic E-state index is 10.5. The molecular weight excluding hydrogens is 173 g/mol. The van der Waals surface area contributed by atoms with Gasteiger partial charge in [0.25, 0.3) is 0 Å². The van der Waals surface area contributed by atoms with Gasteiger partial charge in [-0.05, 0) is 0 Å². The number of hydrogen-bond acceptors (Lipinski definition) is 5. The topological polar surface area (TPSA) is 98.9 Å². The van der Waals surface area contributed by atoms with E-state index in [-0.39, 0.29) is 0 Å². The average Bonchev–Trinajstić information content (AvgIpc) is 1.86. The van der Waals surface area contributed by atoms with E-state index in [0.29, 0.717) is 0 Å². The highest BCUT2D eigenvalue weighted by atomic mass is 31.2. The second-order valence-corrected chi connectivity index (χ2v) is 2.76. The van der Waals surface area contributed by atoms with Crippen molar-refractivity contribution in [3.05, 3.63) is 12.7 Å². The minimum atomic E-state index is -4.31. The summed E-state index contributed by atoms with van der Waals surface area (Å²) in [5, 5.41) is 0. The van der Waals surface area contributed by atoms with E-state index in [4.69, 9.17) is 10.6 Å². The van der Waals surface area contributed by atoms with Crippen molar-refractivity contribution in [1.82, 2.24) is 0 Å². The fraction of sp³-hybridized carbons (Fsp3) is 0.250. The van der Waals surface area contributed by atoms with Crippen LogP contribution in [0, 0.1) is 0 Å². The van der Waals surface area contributed by atoms with Gasteiger partial charge < -0.3 is 10.3 Å². The Bertz CT molecular complexity index is 203. The van der Waals surface area contributed by atoms with Gasteiger partial charge in [0.2, 0.25) is 0 Å². The van der Waals surface area contributed by atoms with Crippen molar-refractivity contribution >= 4 is 13.8 Å². The predicted molar refractivity (Wildman–Crippen MR) is 36.3 cm³/mol. The fourth-order valence-electron chi connectivity index (χ4n) is 0.272. The normalized spacial score (nSPS) is 15.1. The Labute approximate surface area is 63.2 Å². The molecule has 0 bridgehead atoms. The smallest absolute Gasteiger partial charge is 0.367 e. The van der Waals surface area contributed by atoms with Crippen LogP contribution < -0.4 is 5.73 Å². The Morgan fingerprint density at radius 3 is 2.73 bits per heavy atom. The SMILES string of the molecule is C=CC(=O)OP(=O)(O)OCN. The maximum Gasteiger partial charge on any atom is 0.531 e. The van der Waals surface area contributed by atoms with Gasteiger partial charge in [-0.15, -0.1) is 0 Å². The molecule has 0 aromatic rings. The summed E-state index contributed by atoms with van der Waals surface area (Å²) in [6, 6.07) is 0. The van der Waals surface area contributed by atoms with E-state index < -0.39 is 20.5 Å². The molecule has 0 fully saturated rings. The van der Waals surface area contributed by atoms with Gasteiger partial charge in [0.05, 0.1) is 0 Å². The molecule has 0 aliphatic carbocycles. The predicted octanol–water partition coefficient (Wildman–Crippen LogP) is -0.251. The lowest BCUT2D eigenvalue weighted by molar-refractivity contribution is -0.130. The van der Waals surface area contributed by atoms with Crippen molar-refractivity contribution in [3.8, 4) is 0 Å². The molecule has 0 aliphatic heterocycles. The summed E-state index contributed by atoms with van der Waals surface area (Å²) in [5.74, 6) is -1.04. The van der Waals surface area contributed by atoms with Crippen LogP contribution in [-0.2, 0) is 18.4 Å². The lowest BCUT2D eigenvalue weighted by Crippen LogP contribution is -2.06. The van der Waals surface area contributed by atoms with Crippen molar-refractivity contribution in [3.63, 3.8) is 0 Å². The van der Waals surface area contributed by atoms with Gasteiger partial charge in [-0.3, -0.25) is 9.42 Å². The highest BCUT2D eigenvalue weighted by Crippen LogP contribution is 2.42. The van der Waals surface area contributed by atoms with Crippen LogP contribution in [0.15, 0.2) is 12.7 Å².